The molecular weight excluding hydrogens is 1190 g/mol. The van der Waals surface area contributed by atoms with Crippen LogP contribution in [0.15, 0.2) is 0 Å². The van der Waals surface area contributed by atoms with Crippen molar-refractivity contribution in [2.75, 3.05) is 39.6 Å². The molecule has 0 rings (SSSR count). The van der Waals surface area contributed by atoms with Crippen LogP contribution < -0.4 is 0 Å². The van der Waals surface area contributed by atoms with E-state index in [0.717, 1.165) is 109 Å². The van der Waals surface area contributed by atoms with Crippen LogP contribution in [0.4, 0.5) is 0 Å². The monoisotopic (exact) mass is 1320 g/mol. The predicted octanol–water partition coefficient (Wildman–Crippen LogP) is 20.5. The molecule has 0 fully saturated rings. The van der Waals surface area contributed by atoms with Gasteiger partial charge in [-0.25, -0.2) is 9.13 Å². The summed E-state index contributed by atoms with van der Waals surface area (Å²) in [6.45, 7) is 7.24. The number of rotatable bonds is 71. The second kappa shape index (κ2) is 64.4. The van der Waals surface area contributed by atoms with Crippen LogP contribution >= 0.6 is 15.6 Å². The Morgan fingerprint density at radius 1 is 0.300 bits per heavy atom. The lowest BCUT2D eigenvalue weighted by atomic mass is 10.0. The first-order valence-corrected chi connectivity index (χ1v) is 40.1. The Morgan fingerprint density at radius 3 is 0.756 bits per heavy atom. The molecule has 0 spiro atoms. The zero-order chi connectivity index (χ0) is 66.3. The molecule has 0 heterocycles. The maximum atomic E-state index is 13.0. The van der Waals surface area contributed by atoms with Crippen LogP contribution in [0, 0.1) is 5.92 Å². The summed E-state index contributed by atoms with van der Waals surface area (Å²) in [6.07, 6.45) is 51.4. The molecule has 0 aromatic carbocycles. The summed E-state index contributed by atoms with van der Waals surface area (Å²) in [5.41, 5.74) is 0. The van der Waals surface area contributed by atoms with Crippen LogP contribution in [0.5, 0.6) is 0 Å². The summed E-state index contributed by atoms with van der Waals surface area (Å²) in [4.78, 5) is 72.4. The number of phosphoric acid groups is 2. The van der Waals surface area contributed by atoms with E-state index in [9.17, 15) is 43.2 Å². The molecule has 0 radical (unpaired) electrons. The van der Waals surface area contributed by atoms with Gasteiger partial charge in [0.25, 0.3) is 0 Å². The molecule has 534 valence electrons. The largest absolute Gasteiger partial charge is 0.472 e. The van der Waals surface area contributed by atoms with Crippen molar-refractivity contribution in [2.45, 2.75) is 387 Å². The molecule has 0 aliphatic heterocycles. The van der Waals surface area contributed by atoms with Gasteiger partial charge in [-0.3, -0.25) is 37.3 Å². The summed E-state index contributed by atoms with van der Waals surface area (Å²) in [6, 6.07) is 0. The van der Waals surface area contributed by atoms with Crippen molar-refractivity contribution in [3.05, 3.63) is 0 Å². The molecule has 2 unspecified atom stereocenters. The Labute approximate surface area is 549 Å². The van der Waals surface area contributed by atoms with E-state index < -0.39 is 97.5 Å². The minimum atomic E-state index is -4.95. The molecule has 0 bridgehead atoms. The minimum absolute atomic E-state index is 0.107. The van der Waals surface area contributed by atoms with E-state index >= 15 is 0 Å². The fraction of sp³-hybridized carbons (Fsp3) is 0.944. The van der Waals surface area contributed by atoms with Crippen molar-refractivity contribution in [1.82, 2.24) is 0 Å². The van der Waals surface area contributed by atoms with Gasteiger partial charge in [0.15, 0.2) is 12.2 Å². The van der Waals surface area contributed by atoms with E-state index in [0.29, 0.717) is 25.7 Å². The van der Waals surface area contributed by atoms with Gasteiger partial charge in [0.05, 0.1) is 26.4 Å². The fourth-order valence-electron chi connectivity index (χ4n) is 10.8. The summed E-state index contributed by atoms with van der Waals surface area (Å²) in [5, 5.41) is 10.6. The molecule has 17 nitrogen and oxygen atoms in total. The summed E-state index contributed by atoms with van der Waals surface area (Å²) < 4.78 is 68.2. The van der Waals surface area contributed by atoms with Crippen molar-refractivity contribution < 1.29 is 80.2 Å². The van der Waals surface area contributed by atoms with E-state index in [1.165, 1.54) is 180 Å². The Hall–Kier alpha value is -1.94. The predicted molar refractivity (Wildman–Crippen MR) is 363 cm³/mol. The van der Waals surface area contributed by atoms with Crippen LogP contribution in [-0.4, -0.2) is 96.7 Å². The molecule has 0 aromatic rings. The molecule has 19 heteroatoms. The van der Waals surface area contributed by atoms with E-state index in [2.05, 4.69) is 34.6 Å². The van der Waals surface area contributed by atoms with Gasteiger partial charge in [0.1, 0.15) is 19.3 Å². The highest BCUT2D eigenvalue weighted by atomic mass is 31.2. The number of carbonyl (C=O) groups excluding carboxylic acids is 4. The number of ether oxygens (including phenoxy) is 4. The average Bonchev–Trinajstić information content (AvgIpc) is 3.69. The lowest BCUT2D eigenvalue weighted by Crippen LogP contribution is -2.30. The van der Waals surface area contributed by atoms with Crippen molar-refractivity contribution in [1.29, 1.82) is 0 Å². The van der Waals surface area contributed by atoms with Crippen molar-refractivity contribution in [3.8, 4) is 0 Å². The number of hydrogen-bond donors (Lipinski definition) is 3. The fourth-order valence-corrected chi connectivity index (χ4v) is 12.4. The first-order valence-electron chi connectivity index (χ1n) is 37.1. The lowest BCUT2D eigenvalue weighted by molar-refractivity contribution is -0.161. The summed E-state index contributed by atoms with van der Waals surface area (Å²) in [7, 11) is -9.89. The van der Waals surface area contributed by atoms with E-state index in [1.807, 2.05) is 0 Å². The second-order valence-electron chi connectivity index (χ2n) is 26.1. The SMILES string of the molecule is CCCCCCCCCCCCCCCCC(=O)OC[C@H](COP(=O)(O)OC[C@@H](O)COP(=O)(O)OC[C@@H](COC(=O)CCCCCCCCC)OC(=O)CCCCCCCCCCCCC)OC(=O)CCCCCCCCCCCCCCCCCC(C)C. The number of esters is 4. The van der Waals surface area contributed by atoms with Crippen molar-refractivity contribution in [3.63, 3.8) is 0 Å². The molecule has 0 aromatic heterocycles. The second-order valence-corrected chi connectivity index (χ2v) is 29.0. The molecule has 0 saturated carbocycles. The Morgan fingerprint density at radius 2 is 0.511 bits per heavy atom. The Balaban J connectivity index is 5.19. The van der Waals surface area contributed by atoms with Gasteiger partial charge in [0.2, 0.25) is 0 Å². The first-order chi connectivity index (χ1) is 43.5. The molecule has 0 aliphatic carbocycles. The van der Waals surface area contributed by atoms with Gasteiger partial charge in [-0.2, -0.15) is 0 Å². The third-order valence-electron chi connectivity index (χ3n) is 16.5. The number of aliphatic hydroxyl groups is 1. The molecule has 5 atom stereocenters. The topological polar surface area (TPSA) is 237 Å². The molecule has 90 heavy (non-hydrogen) atoms. The third-order valence-corrected chi connectivity index (χ3v) is 18.4. The normalized spacial score (nSPS) is 14.1. The van der Waals surface area contributed by atoms with E-state index in [1.54, 1.807) is 0 Å². The number of carbonyl (C=O) groups is 4. The van der Waals surface area contributed by atoms with E-state index in [-0.39, 0.29) is 25.7 Å². The lowest BCUT2D eigenvalue weighted by Gasteiger charge is -2.21. The number of unbranched alkanes of at least 4 members (excludes halogenated alkanes) is 43. The van der Waals surface area contributed by atoms with Gasteiger partial charge in [0, 0.05) is 25.7 Å². The van der Waals surface area contributed by atoms with Crippen LogP contribution in [0.3, 0.4) is 0 Å². The van der Waals surface area contributed by atoms with Crippen LogP contribution in [0.25, 0.3) is 0 Å². The quantitative estimate of drug-likeness (QED) is 0.0222. The number of aliphatic hydroxyl groups excluding tert-OH is 1. The highest BCUT2D eigenvalue weighted by Crippen LogP contribution is 2.45. The maximum Gasteiger partial charge on any atom is 0.472 e. The van der Waals surface area contributed by atoms with E-state index in [4.69, 9.17) is 37.0 Å². The molecular formula is C71H138O17P2. The van der Waals surface area contributed by atoms with Gasteiger partial charge in [-0.15, -0.1) is 0 Å². The van der Waals surface area contributed by atoms with Gasteiger partial charge in [-0.05, 0) is 31.6 Å². The first kappa shape index (κ1) is 88.1. The molecule has 3 N–H and O–H groups in total. The van der Waals surface area contributed by atoms with Gasteiger partial charge >= 0.3 is 39.5 Å². The third kappa shape index (κ3) is 64.8. The molecule has 0 amide bonds. The van der Waals surface area contributed by atoms with Crippen molar-refractivity contribution >= 4 is 39.5 Å². The van der Waals surface area contributed by atoms with Crippen LogP contribution in [0.1, 0.15) is 369 Å². The zero-order valence-electron chi connectivity index (χ0n) is 58.3. The summed E-state index contributed by atoms with van der Waals surface area (Å²) in [5.74, 6) is -1.32. The number of hydrogen-bond acceptors (Lipinski definition) is 15. The van der Waals surface area contributed by atoms with Crippen LogP contribution in [-0.2, 0) is 65.4 Å². The minimum Gasteiger partial charge on any atom is -0.462 e. The highest BCUT2D eigenvalue weighted by Gasteiger charge is 2.30. The van der Waals surface area contributed by atoms with Gasteiger partial charge < -0.3 is 33.8 Å². The zero-order valence-corrected chi connectivity index (χ0v) is 60.1. The average molecular weight is 1330 g/mol. The van der Waals surface area contributed by atoms with Crippen molar-refractivity contribution in [2.24, 2.45) is 5.92 Å². The van der Waals surface area contributed by atoms with Crippen LogP contribution in [0.2, 0.25) is 0 Å². The maximum absolute atomic E-state index is 13.0. The Bertz CT molecular complexity index is 1740. The highest BCUT2D eigenvalue weighted by molar-refractivity contribution is 7.47. The Kier molecular flexibility index (Phi) is 63.0. The van der Waals surface area contributed by atoms with Gasteiger partial charge in [-0.1, -0.05) is 317 Å². The molecule has 0 aliphatic rings. The molecule has 0 saturated heterocycles. The smallest absolute Gasteiger partial charge is 0.462 e. The number of phosphoric ester groups is 2. The summed E-state index contributed by atoms with van der Waals surface area (Å²) >= 11 is 0. The standard InChI is InChI=1S/C71H138O17P2/c1-6-9-12-15-18-20-22-23-28-32-35-40-45-50-55-69(74)82-61-67(88-71(76)57-52-47-42-37-33-29-26-24-25-27-31-34-39-43-48-53-64(4)5)63-86-90(79,80)84-59-65(72)58-83-89(77,78)85-62-66(60-81-68(73)54-49-44-38-17-14-11-8-3)87-70(75)56-51-46-41-36-30-21-19-16-13-10-7-2/h64-67,72H,6-63H2,1-5H3,(H,77,78)(H,79,80)/t65-,66+,67+/m0/s1.